The van der Waals surface area contributed by atoms with Crippen LogP contribution in [0.1, 0.15) is 11.1 Å². The van der Waals surface area contributed by atoms with Gasteiger partial charge in [-0.25, -0.2) is 4.63 Å². The third-order valence-electron chi connectivity index (χ3n) is 2.86. The number of aryl methyl sites for hydroxylation is 2. The Bertz CT molecular complexity index is 785. The molecule has 3 rings (SSSR count). The Balaban J connectivity index is 2.10. The molecule has 2 heterocycles. The molecular weight excluding hydrogens is 246 g/mol. The Morgan fingerprint density at radius 2 is 1.95 bits per heavy atom. The lowest BCUT2D eigenvalue weighted by Crippen LogP contribution is -2.14. The summed E-state index contributed by atoms with van der Waals surface area (Å²) in [6.45, 7) is 3.92. The zero-order chi connectivity index (χ0) is 13.4. The smallest absolute Gasteiger partial charge is 0.292 e. The van der Waals surface area contributed by atoms with Crippen molar-refractivity contribution in [3.63, 3.8) is 0 Å². The van der Waals surface area contributed by atoms with Crippen molar-refractivity contribution >= 4 is 22.8 Å². The molecule has 0 saturated heterocycles. The number of aromatic nitrogens is 4. The number of rotatable bonds is 2. The first-order valence-corrected chi connectivity index (χ1v) is 5.71. The molecule has 7 heteroatoms. The van der Waals surface area contributed by atoms with E-state index in [0.29, 0.717) is 0 Å². The minimum absolute atomic E-state index is 0.167. The topological polar surface area (TPSA) is 96.7 Å². The van der Waals surface area contributed by atoms with E-state index >= 15 is 0 Å². The second-order valence-corrected chi connectivity index (χ2v) is 4.24. The van der Waals surface area contributed by atoms with Gasteiger partial charge in [-0.05, 0) is 35.3 Å². The van der Waals surface area contributed by atoms with Gasteiger partial charge in [-0.1, -0.05) is 18.2 Å². The number of fused-ring (bicyclic) bond motifs is 1. The maximum absolute atomic E-state index is 11.9. The number of H-pyrrole nitrogens is 1. The summed E-state index contributed by atoms with van der Waals surface area (Å²) in [5, 5.41) is 10.2. The molecule has 1 aromatic carbocycles. The number of anilines is 2. The Labute approximate surface area is 107 Å². The van der Waals surface area contributed by atoms with Crippen LogP contribution in [0.2, 0.25) is 0 Å². The Hall–Kier alpha value is -2.70. The second kappa shape index (κ2) is 4.20. The van der Waals surface area contributed by atoms with Gasteiger partial charge in [0.05, 0.1) is 0 Å². The first-order valence-electron chi connectivity index (χ1n) is 5.71. The van der Waals surface area contributed by atoms with Gasteiger partial charge < -0.3 is 5.32 Å². The summed E-state index contributed by atoms with van der Waals surface area (Å²) in [5.41, 5.74) is 3.03. The third kappa shape index (κ3) is 1.95. The van der Waals surface area contributed by atoms with Crippen LogP contribution in [0.5, 0.6) is 0 Å². The number of hydrogen-bond acceptors (Lipinski definition) is 6. The fourth-order valence-corrected chi connectivity index (χ4v) is 1.87. The molecule has 0 amide bonds. The molecule has 7 nitrogen and oxygen atoms in total. The molecule has 0 saturated carbocycles. The summed E-state index contributed by atoms with van der Waals surface area (Å²) in [7, 11) is 0. The number of hydrogen-bond donors (Lipinski definition) is 2. The minimum Gasteiger partial charge on any atom is -0.335 e. The summed E-state index contributed by atoms with van der Waals surface area (Å²) in [6.07, 6.45) is 0. The first kappa shape index (κ1) is 11.4. The lowest BCUT2D eigenvalue weighted by molar-refractivity contribution is 0.314. The Morgan fingerprint density at radius 1 is 1.21 bits per heavy atom. The maximum atomic E-state index is 11.9. The van der Waals surface area contributed by atoms with E-state index < -0.39 is 0 Å². The van der Waals surface area contributed by atoms with Gasteiger partial charge in [0, 0.05) is 5.69 Å². The lowest BCUT2D eigenvalue weighted by atomic mass is 10.1. The van der Waals surface area contributed by atoms with Crippen LogP contribution in [0, 0.1) is 13.8 Å². The summed E-state index contributed by atoms with van der Waals surface area (Å²) in [5.74, 6) is 0.167. The van der Waals surface area contributed by atoms with E-state index in [0.717, 1.165) is 16.8 Å². The van der Waals surface area contributed by atoms with Gasteiger partial charge in [0.15, 0.2) is 5.82 Å². The van der Waals surface area contributed by atoms with Crippen LogP contribution in [0.25, 0.3) is 11.3 Å². The fraction of sp³-hybridized carbons (Fsp3) is 0.167. The van der Waals surface area contributed by atoms with Crippen LogP contribution in [0.15, 0.2) is 27.6 Å². The van der Waals surface area contributed by atoms with Crippen LogP contribution >= 0.6 is 0 Å². The molecule has 0 radical (unpaired) electrons. The molecule has 2 aromatic heterocycles. The van der Waals surface area contributed by atoms with E-state index in [9.17, 15) is 4.79 Å². The summed E-state index contributed by atoms with van der Waals surface area (Å²) < 4.78 is 4.51. The lowest BCUT2D eigenvalue weighted by Gasteiger charge is -2.10. The summed E-state index contributed by atoms with van der Waals surface area (Å²) in [4.78, 5) is 18.5. The number of nitrogens with zero attached hydrogens (tertiary/aromatic N) is 3. The number of para-hydroxylation sites is 1. The van der Waals surface area contributed by atoms with E-state index in [1.54, 1.807) is 0 Å². The molecule has 0 aliphatic heterocycles. The molecule has 0 bridgehead atoms. The predicted molar refractivity (Wildman–Crippen MR) is 69.4 cm³/mol. The maximum Gasteiger partial charge on any atom is 0.292 e. The van der Waals surface area contributed by atoms with Gasteiger partial charge in [0.1, 0.15) is 0 Å². The monoisotopic (exact) mass is 257 g/mol. The van der Waals surface area contributed by atoms with Crippen molar-refractivity contribution in [1.82, 2.24) is 20.3 Å². The van der Waals surface area contributed by atoms with Crippen molar-refractivity contribution in [2.24, 2.45) is 0 Å². The van der Waals surface area contributed by atoms with Gasteiger partial charge in [-0.15, -0.1) is 0 Å². The fourth-order valence-electron chi connectivity index (χ4n) is 1.87. The van der Waals surface area contributed by atoms with Gasteiger partial charge in [0.2, 0.25) is 11.3 Å². The highest BCUT2D eigenvalue weighted by atomic mass is 16.6. The van der Waals surface area contributed by atoms with E-state index in [4.69, 9.17) is 0 Å². The van der Waals surface area contributed by atoms with Gasteiger partial charge >= 0.3 is 0 Å². The highest BCUT2D eigenvalue weighted by Gasteiger charge is 2.10. The van der Waals surface area contributed by atoms with Crippen molar-refractivity contribution in [2.75, 3.05) is 5.32 Å². The number of benzene rings is 1. The second-order valence-electron chi connectivity index (χ2n) is 4.24. The highest BCUT2D eigenvalue weighted by Crippen LogP contribution is 2.22. The molecule has 96 valence electrons. The molecule has 0 fully saturated rings. The molecule has 0 aliphatic carbocycles. The first-order chi connectivity index (χ1) is 9.15. The predicted octanol–water partition coefficient (Wildman–Crippen LogP) is 1.67. The molecule has 2 N–H and O–H groups in total. The van der Waals surface area contributed by atoms with Crippen LogP contribution in [-0.4, -0.2) is 20.3 Å². The molecule has 0 spiro atoms. The number of nitrogens with one attached hydrogen (secondary N) is 2. The minimum atomic E-state index is -0.370. The summed E-state index contributed by atoms with van der Waals surface area (Å²) in [6, 6.07) is 5.87. The van der Waals surface area contributed by atoms with Crippen molar-refractivity contribution in [2.45, 2.75) is 13.8 Å². The van der Waals surface area contributed by atoms with Crippen LogP contribution in [0.3, 0.4) is 0 Å². The molecule has 0 unspecified atom stereocenters. The highest BCUT2D eigenvalue weighted by molar-refractivity contribution is 5.69. The standard InChI is InChI=1S/C12H11N5O2/c1-6-4-3-5-7(2)8(6)13-11-12(18)15-10-9(14-11)16-19-17-10/h3-5H,1-2H3,(H,13,14,16)(H,15,17,18). The van der Waals surface area contributed by atoms with E-state index in [-0.39, 0.29) is 22.7 Å². The van der Waals surface area contributed by atoms with Crippen molar-refractivity contribution < 1.29 is 4.63 Å². The molecule has 0 atom stereocenters. The normalized spacial score (nSPS) is 10.8. The average Bonchev–Trinajstić information content (AvgIpc) is 2.81. The molecular formula is C12H11N5O2. The third-order valence-corrected chi connectivity index (χ3v) is 2.86. The molecule has 3 aromatic rings. The largest absolute Gasteiger partial charge is 0.335 e. The van der Waals surface area contributed by atoms with Gasteiger partial charge in [-0.2, -0.15) is 4.98 Å². The Morgan fingerprint density at radius 3 is 2.68 bits per heavy atom. The molecule has 0 aliphatic rings. The van der Waals surface area contributed by atoms with E-state index in [1.165, 1.54) is 0 Å². The van der Waals surface area contributed by atoms with Crippen LogP contribution in [-0.2, 0) is 0 Å². The SMILES string of the molecule is Cc1cccc(C)c1Nc1nc2nonc2[nH]c1=O. The molecule has 19 heavy (non-hydrogen) atoms. The van der Waals surface area contributed by atoms with Crippen molar-refractivity contribution in [3.05, 3.63) is 39.7 Å². The van der Waals surface area contributed by atoms with Crippen LogP contribution in [0.4, 0.5) is 11.5 Å². The average molecular weight is 257 g/mol. The zero-order valence-corrected chi connectivity index (χ0v) is 10.4. The van der Waals surface area contributed by atoms with Crippen LogP contribution < -0.4 is 10.9 Å². The van der Waals surface area contributed by atoms with Crippen molar-refractivity contribution in [3.8, 4) is 0 Å². The van der Waals surface area contributed by atoms with Gasteiger partial charge in [0.25, 0.3) is 5.56 Å². The summed E-state index contributed by atoms with van der Waals surface area (Å²) >= 11 is 0. The van der Waals surface area contributed by atoms with E-state index in [1.807, 2.05) is 32.0 Å². The number of aromatic amines is 1. The van der Waals surface area contributed by atoms with Crippen molar-refractivity contribution in [1.29, 1.82) is 0 Å². The Kier molecular flexibility index (Phi) is 2.52. The van der Waals surface area contributed by atoms with Gasteiger partial charge in [-0.3, -0.25) is 9.78 Å². The quantitative estimate of drug-likeness (QED) is 0.724. The zero-order valence-electron chi connectivity index (χ0n) is 10.4. The van der Waals surface area contributed by atoms with E-state index in [2.05, 4.69) is 30.2 Å².